The Labute approximate surface area is 187 Å². The molecule has 4 rings (SSSR count). The van der Waals surface area contributed by atoms with E-state index >= 15 is 0 Å². The van der Waals surface area contributed by atoms with E-state index in [1.165, 1.54) is 11.8 Å². The van der Waals surface area contributed by atoms with Crippen molar-refractivity contribution >= 4 is 46.7 Å². The van der Waals surface area contributed by atoms with Gasteiger partial charge in [0.25, 0.3) is 11.7 Å². The van der Waals surface area contributed by atoms with Crippen molar-refractivity contribution in [2.45, 2.75) is 13.0 Å². The number of anilines is 2. The van der Waals surface area contributed by atoms with E-state index in [0.29, 0.717) is 38.5 Å². The summed E-state index contributed by atoms with van der Waals surface area (Å²) in [6.07, 6.45) is 0. The molecule has 1 atom stereocenters. The van der Waals surface area contributed by atoms with Crippen molar-refractivity contribution in [3.8, 4) is 0 Å². The van der Waals surface area contributed by atoms with Crippen LogP contribution in [0.5, 0.6) is 0 Å². The summed E-state index contributed by atoms with van der Waals surface area (Å²) in [6, 6.07) is 13.2. The normalized spacial score (nSPS) is 15.2. The van der Waals surface area contributed by atoms with Crippen LogP contribution >= 0.6 is 23.2 Å². The summed E-state index contributed by atoms with van der Waals surface area (Å²) in [7, 11) is 1.25. The van der Waals surface area contributed by atoms with E-state index in [4.69, 9.17) is 27.9 Å². The first kappa shape index (κ1) is 20.9. The Balaban J connectivity index is 1.80. The van der Waals surface area contributed by atoms with Crippen LogP contribution in [0, 0.1) is 0 Å². The number of nitrogens with zero attached hydrogens (tertiary/aromatic N) is 3. The predicted octanol–water partition coefficient (Wildman–Crippen LogP) is 4.30. The van der Waals surface area contributed by atoms with Gasteiger partial charge in [-0.2, -0.15) is 4.98 Å². The summed E-state index contributed by atoms with van der Waals surface area (Å²) < 4.78 is 6.21. The standard InChI is InChI=1S/C21H17Cl2N5O3/c1-11-16(19(29)25-15-8-6-13(22)7-9-15)17(12-4-3-5-14(23)10-12)28-21(24-11)26-18(27-28)20(30)31-2/h3-10,17H,1-2H3,(H,25,29)(H,24,26,27). The van der Waals surface area contributed by atoms with Crippen molar-refractivity contribution in [3.63, 3.8) is 0 Å². The smallest absolute Gasteiger partial charge is 0.378 e. The fourth-order valence-corrected chi connectivity index (χ4v) is 3.66. The molecular weight excluding hydrogens is 441 g/mol. The minimum absolute atomic E-state index is 0.121. The van der Waals surface area contributed by atoms with Crippen LogP contribution in [0.3, 0.4) is 0 Å². The zero-order chi connectivity index (χ0) is 22.1. The highest BCUT2D eigenvalue weighted by Gasteiger charge is 2.35. The molecule has 1 aromatic heterocycles. The van der Waals surface area contributed by atoms with Gasteiger partial charge in [0.2, 0.25) is 5.95 Å². The molecule has 1 amide bonds. The number of esters is 1. The van der Waals surface area contributed by atoms with E-state index in [2.05, 4.69) is 20.7 Å². The Morgan fingerprint density at radius 3 is 2.55 bits per heavy atom. The number of carbonyl (C=O) groups is 2. The third-order valence-corrected chi connectivity index (χ3v) is 5.22. The maximum atomic E-state index is 13.3. The van der Waals surface area contributed by atoms with Crippen LogP contribution in [-0.4, -0.2) is 33.8 Å². The largest absolute Gasteiger partial charge is 0.463 e. The van der Waals surface area contributed by atoms with Crippen LogP contribution in [0.1, 0.15) is 29.1 Å². The van der Waals surface area contributed by atoms with Gasteiger partial charge >= 0.3 is 5.97 Å². The molecule has 1 aliphatic rings. The van der Waals surface area contributed by atoms with Gasteiger partial charge < -0.3 is 15.4 Å². The second-order valence-corrected chi connectivity index (χ2v) is 7.65. The minimum atomic E-state index is -0.682. The molecule has 1 aliphatic heterocycles. The van der Waals surface area contributed by atoms with Crippen molar-refractivity contribution in [1.29, 1.82) is 0 Å². The number of aromatic nitrogens is 3. The molecular formula is C21H17Cl2N5O3. The van der Waals surface area contributed by atoms with E-state index in [-0.39, 0.29) is 11.7 Å². The molecule has 31 heavy (non-hydrogen) atoms. The number of allylic oxidation sites excluding steroid dienone is 1. The van der Waals surface area contributed by atoms with Crippen molar-refractivity contribution in [2.24, 2.45) is 0 Å². The number of halogens is 2. The Hall–Kier alpha value is -3.36. The van der Waals surface area contributed by atoms with Gasteiger partial charge in [0, 0.05) is 21.4 Å². The van der Waals surface area contributed by atoms with Gasteiger partial charge in [0.05, 0.1) is 12.7 Å². The van der Waals surface area contributed by atoms with Gasteiger partial charge in [-0.3, -0.25) is 4.79 Å². The highest BCUT2D eigenvalue weighted by atomic mass is 35.5. The molecule has 0 bridgehead atoms. The lowest BCUT2D eigenvalue weighted by atomic mass is 9.95. The molecule has 0 spiro atoms. The van der Waals surface area contributed by atoms with Crippen LogP contribution in [0.2, 0.25) is 10.0 Å². The number of fused-ring (bicyclic) bond motifs is 1. The zero-order valence-corrected chi connectivity index (χ0v) is 18.0. The molecule has 2 aromatic carbocycles. The first-order chi connectivity index (χ1) is 14.9. The number of carbonyl (C=O) groups excluding carboxylic acids is 2. The Morgan fingerprint density at radius 1 is 1.13 bits per heavy atom. The number of hydrogen-bond donors (Lipinski definition) is 2. The molecule has 3 aromatic rings. The van der Waals surface area contributed by atoms with E-state index in [1.54, 1.807) is 49.4 Å². The van der Waals surface area contributed by atoms with Crippen LogP contribution < -0.4 is 10.6 Å². The fourth-order valence-electron chi connectivity index (χ4n) is 3.34. The first-order valence-electron chi connectivity index (χ1n) is 9.22. The average Bonchev–Trinajstić information content (AvgIpc) is 3.17. The van der Waals surface area contributed by atoms with E-state index in [1.807, 2.05) is 6.07 Å². The maximum absolute atomic E-state index is 13.3. The topological polar surface area (TPSA) is 98.1 Å². The van der Waals surface area contributed by atoms with Crippen LogP contribution in [-0.2, 0) is 9.53 Å². The van der Waals surface area contributed by atoms with Crippen molar-refractivity contribution < 1.29 is 14.3 Å². The summed E-state index contributed by atoms with van der Waals surface area (Å²) in [5, 5.41) is 11.3. The molecule has 2 heterocycles. The third-order valence-electron chi connectivity index (χ3n) is 4.73. The lowest BCUT2D eigenvalue weighted by Gasteiger charge is -2.28. The molecule has 158 valence electrons. The number of rotatable bonds is 4. The molecule has 0 saturated carbocycles. The number of methoxy groups -OCH3 is 1. The maximum Gasteiger partial charge on any atom is 0.378 e. The lowest BCUT2D eigenvalue weighted by Crippen LogP contribution is -2.31. The molecule has 8 nitrogen and oxygen atoms in total. The summed E-state index contributed by atoms with van der Waals surface area (Å²) in [5.41, 5.74) is 2.25. The van der Waals surface area contributed by atoms with Crippen molar-refractivity contribution in [2.75, 3.05) is 17.7 Å². The van der Waals surface area contributed by atoms with Gasteiger partial charge in [-0.1, -0.05) is 35.3 Å². The Bertz CT molecular complexity index is 1200. The van der Waals surface area contributed by atoms with Crippen LogP contribution in [0.15, 0.2) is 59.8 Å². The van der Waals surface area contributed by atoms with Gasteiger partial charge in [0.1, 0.15) is 6.04 Å². The molecule has 0 radical (unpaired) electrons. The average molecular weight is 458 g/mol. The molecule has 0 fully saturated rings. The molecule has 0 aliphatic carbocycles. The second kappa shape index (κ2) is 8.41. The summed E-state index contributed by atoms with van der Waals surface area (Å²) in [6.45, 7) is 1.75. The Kier molecular flexibility index (Phi) is 5.67. The number of amides is 1. The number of ether oxygens (including phenoxy) is 1. The highest BCUT2D eigenvalue weighted by Crippen LogP contribution is 2.36. The minimum Gasteiger partial charge on any atom is -0.463 e. The van der Waals surface area contributed by atoms with Gasteiger partial charge in [-0.15, -0.1) is 5.10 Å². The summed E-state index contributed by atoms with van der Waals surface area (Å²) >= 11 is 12.1. The van der Waals surface area contributed by atoms with Crippen LogP contribution in [0.25, 0.3) is 0 Å². The quantitative estimate of drug-likeness (QED) is 0.566. The SMILES string of the molecule is COC(=O)c1nc2n(n1)C(c1cccc(Cl)c1)C(C(=O)Nc1ccc(Cl)cc1)=C(C)N2. The highest BCUT2D eigenvalue weighted by molar-refractivity contribution is 6.31. The van der Waals surface area contributed by atoms with Gasteiger partial charge in [0.15, 0.2) is 0 Å². The third kappa shape index (κ3) is 4.12. The summed E-state index contributed by atoms with van der Waals surface area (Å²) in [5.74, 6) is -0.841. The number of nitrogens with one attached hydrogen (secondary N) is 2. The van der Waals surface area contributed by atoms with Gasteiger partial charge in [-0.25, -0.2) is 9.48 Å². The fraction of sp³-hybridized carbons (Fsp3) is 0.143. The zero-order valence-electron chi connectivity index (χ0n) is 16.5. The summed E-state index contributed by atoms with van der Waals surface area (Å²) in [4.78, 5) is 29.5. The number of benzene rings is 2. The number of hydrogen-bond acceptors (Lipinski definition) is 6. The van der Waals surface area contributed by atoms with E-state index in [0.717, 1.165) is 0 Å². The van der Waals surface area contributed by atoms with Crippen molar-refractivity contribution in [1.82, 2.24) is 14.8 Å². The van der Waals surface area contributed by atoms with E-state index < -0.39 is 12.0 Å². The lowest BCUT2D eigenvalue weighted by molar-refractivity contribution is -0.113. The molecule has 2 N–H and O–H groups in total. The van der Waals surface area contributed by atoms with Crippen molar-refractivity contribution in [3.05, 3.63) is 81.2 Å². The van der Waals surface area contributed by atoms with Gasteiger partial charge in [-0.05, 0) is 48.9 Å². The second-order valence-electron chi connectivity index (χ2n) is 6.78. The predicted molar refractivity (Wildman–Crippen MR) is 117 cm³/mol. The molecule has 1 unspecified atom stereocenters. The van der Waals surface area contributed by atoms with Crippen LogP contribution in [0.4, 0.5) is 11.6 Å². The Morgan fingerprint density at radius 2 is 1.87 bits per heavy atom. The monoisotopic (exact) mass is 457 g/mol. The molecule has 10 heteroatoms. The van der Waals surface area contributed by atoms with E-state index in [9.17, 15) is 9.59 Å². The first-order valence-corrected chi connectivity index (χ1v) is 9.98. The molecule has 0 saturated heterocycles.